The van der Waals surface area contributed by atoms with Crippen molar-refractivity contribution in [3.8, 4) is 11.5 Å². The molecule has 4 nitrogen and oxygen atoms in total. The molecule has 2 aromatic carbocycles. The molecule has 0 saturated heterocycles. The van der Waals surface area contributed by atoms with Crippen LogP contribution < -0.4 is 14.8 Å². The fourth-order valence-corrected chi connectivity index (χ4v) is 2.64. The third-order valence-corrected chi connectivity index (χ3v) is 3.73. The molecule has 0 aliphatic carbocycles. The van der Waals surface area contributed by atoms with Gasteiger partial charge in [0.05, 0.1) is 7.11 Å². The second-order valence-corrected chi connectivity index (χ2v) is 5.94. The molecule has 1 N–H and O–H groups in total. The predicted molar refractivity (Wildman–Crippen MR) is 89.8 cm³/mol. The Hall–Kier alpha value is -2.22. The minimum Gasteiger partial charge on any atom is -0.493 e. The Bertz CT molecular complexity index is 736. The summed E-state index contributed by atoms with van der Waals surface area (Å²) in [6.45, 7) is -2.72. The summed E-state index contributed by atoms with van der Waals surface area (Å²) < 4.78 is 47.9. The van der Waals surface area contributed by atoms with E-state index < -0.39 is 18.3 Å². The van der Waals surface area contributed by atoms with Gasteiger partial charge in [0.2, 0.25) is 0 Å². The van der Waals surface area contributed by atoms with Crippen molar-refractivity contribution in [3.05, 3.63) is 57.8 Å². The van der Waals surface area contributed by atoms with E-state index in [9.17, 15) is 18.0 Å². The summed E-state index contributed by atoms with van der Waals surface area (Å²) in [6, 6.07) is 8.50. The maximum absolute atomic E-state index is 13.3. The first-order chi connectivity index (χ1) is 11.9. The lowest BCUT2D eigenvalue weighted by Crippen LogP contribution is -2.25. The zero-order valence-corrected chi connectivity index (χ0v) is 14.8. The number of carbonyl (C=O) groups excluding carboxylic acids is 1. The van der Waals surface area contributed by atoms with E-state index in [-0.39, 0.29) is 23.6 Å². The number of alkyl halides is 2. The fraction of sp³-hybridized carbons (Fsp3) is 0.235. The van der Waals surface area contributed by atoms with Crippen molar-refractivity contribution < 1.29 is 27.4 Å². The maximum Gasteiger partial charge on any atom is 0.387 e. The molecule has 8 heteroatoms. The molecule has 25 heavy (non-hydrogen) atoms. The lowest BCUT2D eigenvalue weighted by Gasteiger charge is -2.12. The molecule has 0 bridgehead atoms. The van der Waals surface area contributed by atoms with Crippen molar-refractivity contribution in [1.29, 1.82) is 0 Å². The van der Waals surface area contributed by atoms with Crippen LogP contribution in [-0.4, -0.2) is 26.2 Å². The normalized spacial score (nSPS) is 10.6. The van der Waals surface area contributed by atoms with Crippen molar-refractivity contribution in [2.45, 2.75) is 13.0 Å². The van der Waals surface area contributed by atoms with E-state index in [4.69, 9.17) is 4.74 Å². The van der Waals surface area contributed by atoms with Gasteiger partial charge in [0.1, 0.15) is 5.82 Å². The number of hydrogen-bond donors (Lipinski definition) is 1. The lowest BCUT2D eigenvalue weighted by atomic mass is 10.1. The van der Waals surface area contributed by atoms with Gasteiger partial charge in [-0.25, -0.2) is 4.39 Å². The molecule has 0 unspecified atom stereocenters. The maximum atomic E-state index is 13.3. The Morgan fingerprint density at radius 2 is 1.96 bits per heavy atom. The Labute approximate surface area is 151 Å². The molecule has 1 amide bonds. The third-order valence-electron chi connectivity index (χ3n) is 3.27. The summed E-state index contributed by atoms with van der Waals surface area (Å²) >= 11 is 3.12. The monoisotopic (exact) mass is 417 g/mol. The van der Waals surface area contributed by atoms with Crippen LogP contribution in [-0.2, 0) is 6.42 Å². The SMILES string of the molecule is COc1ccc(CCNC(=O)c2cc(F)cc(Br)c2)cc1OC(F)F. The summed E-state index contributed by atoms with van der Waals surface area (Å²) in [4.78, 5) is 12.0. The summed E-state index contributed by atoms with van der Waals surface area (Å²) in [5, 5.41) is 2.64. The molecule has 2 rings (SSSR count). The number of ether oxygens (including phenoxy) is 2. The molecule has 134 valence electrons. The summed E-state index contributed by atoms with van der Waals surface area (Å²) in [5.41, 5.74) is 0.862. The minimum atomic E-state index is -2.96. The van der Waals surface area contributed by atoms with Gasteiger partial charge in [-0.2, -0.15) is 8.78 Å². The van der Waals surface area contributed by atoms with Crippen molar-refractivity contribution in [2.75, 3.05) is 13.7 Å². The molecular formula is C17H15BrF3NO3. The molecule has 0 heterocycles. The fourth-order valence-electron chi connectivity index (χ4n) is 2.17. The third kappa shape index (κ3) is 5.67. The van der Waals surface area contributed by atoms with E-state index in [2.05, 4.69) is 26.0 Å². The summed E-state index contributed by atoms with van der Waals surface area (Å²) in [7, 11) is 1.35. The first-order valence-electron chi connectivity index (χ1n) is 7.25. The predicted octanol–water partition coefficient (Wildman–Crippen LogP) is 4.17. The van der Waals surface area contributed by atoms with Gasteiger partial charge in [-0.15, -0.1) is 0 Å². The van der Waals surface area contributed by atoms with Crippen LogP contribution in [0.25, 0.3) is 0 Å². The minimum absolute atomic E-state index is 0.0737. The summed E-state index contributed by atoms with van der Waals surface area (Å²) in [6.07, 6.45) is 0.381. The second kappa shape index (κ2) is 8.75. The molecule has 0 atom stereocenters. The zero-order valence-electron chi connectivity index (χ0n) is 13.2. The van der Waals surface area contributed by atoms with Crippen molar-refractivity contribution in [2.24, 2.45) is 0 Å². The van der Waals surface area contributed by atoms with E-state index in [1.807, 2.05) is 0 Å². The molecule has 0 saturated carbocycles. The van der Waals surface area contributed by atoms with E-state index >= 15 is 0 Å². The molecule has 0 radical (unpaired) electrons. The molecule has 0 aliphatic heterocycles. The van der Waals surface area contributed by atoms with Gasteiger partial charge in [-0.05, 0) is 42.3 Å². The molecular weight excluding hydrogens is 403 g/mol. The van der Waals surface area contributed by atoms with Crippen LogP contribution in [0.15, 0.2) is 40.9 Å². The number of nitrogens with one attached hydrogen (secondary N) is 1. The smallest absolute Gasteiger partial charge is 0.387 e. The van der Waals surface area contributed by atoms with E-state index in [1.54, 1.807) is 6.07 Å². The number of halogens is 4. The molecule has 0 spiro atoms. The van der Waals surface area contributed by atoms with Crippen LogP contribution in [0.4, 0.5) is 13.2 Å². The van der Waals surface area contributed by atoms with Crippen molar-refractivity contribution in [3.63, 3.8) is 0 Å². The number of methoxy groups -OCH3 is 1. The van der Waals surface area contributed by atoms with Crippen LogP contribution >= 0.6 is 15.9 Å². The van der Waals surface area contributed by atoms with Crippen LogP contribution in [0.2, 0.25) is 0 Å². The van der Waals surface area contributed by atoms with E-state index in [0.717, 1.165) is 6.07 Å². The van der Waals surface area contributed by atoms with Crippen LogP contribution in [0, 0.1) is 5.82 Å². The van der Waals surface area contributed by atoms with Crippen molar-refractivity contribution >= 4 is 21.8 Å². The Morgan fingerprint density at radius 1 is 1.20 bits per heavy atom. The van der Waals surface area contributed by atoms with E-state index in [0.29, 0.717) is 16.5 Å². The Kier molecular flexibility index (Phi) is 6.69. The quantitative estimate of drug-likeness (QED) is 0.735. The van der Waals surface area contributed by atoms with Gasteiger partial charge in [0.25, 0.3) is 5.91 Å². The molecule has 0 aromatic heterocycles. The Balaban J connectivity index is 1.98. The van der Waals surface area contributed by atoms with Crippen LogP contribution in [0.3, 0.4) is 0 Å². The topological polar surface area (TPSA) is 47.6 Å². The van der Waals surface area contributed by atoms with Gasteiger partial charge < -0.3 is 14.8 Å². The van der Waals surface area contributed by atoms with Gasteiger partial charge in [0, 0.05) is 16.6 Å². The molecule has 2 aromatic rings. The second-order valence-electron chi connectivity index (χ2n) is 5.03. The highest BCUT2D eigenvalue weighted by Gasteiger charge is 2.12. The summed E-state index contributed by atoms with van der Waals surface area (Å²) in [5.74, 6) is -0.839. The van der Waals surface area contributed by atoms with Crippen LogP contribution in [0.1, 0.15) is 15.9 Å². The van der Waals surface area contributed by atoms with Gasteiger partial charge >= 0.3 is 6.61 Å². The van der Waals surface area contributed by atoms with Gasteiger partial charge in [-0.1, -0.05) is 22.0 Å². The number of carbonyl (C=O) groups is 1. The number of hydrogen-bond acceptors (Lipinski definition) is 3. The molecule has 0 fully saturated rings. The van der Waals surface area contributed by atoms with Gasteiger partial charge in [0.15, 0.2) is 11.5 Å². The first kappa shape index (κ1) is 19.1. The first-order valence-corrected chi connectivity index (χ1v) is 8.04. The largest absolute Gasteiger partial charge is 0.493 e. The average molecular weight is 418 g/mol. The highest BCUT2D eigenvalue weighted by Crippen LogP contribution is 2.29. The molecule has 0 aliphatic rings. The standard InChI is InChI=1S/C17H15BrF3NO3/c1-24-14-3-2-10(6-15(14)25-17(20)21)4-5-22-16(23)11-7-12(18)9-13(19)8-11/h2-3,6-9,17H,4-5H2,1H3,(H,22,23). The average Bonchev–Trinajstić information content (AvgIpc) is 2.53. The van der Waals surface area contributed by atoms with Gasteiger partial charge in [-0.3, -0.25) is 4.79 Å². The Morgan fingerprint density at radius 3 is 2.60 bits per heavy atom. The lowest BCUT2D eigenvalue weighted by molar-refractivity contribution is -0.0512. The number of benzene rings is 2. The number of rotatable bonds is 7. The highest BCUT2D eigenvalue weighted by molar-refractivity contribution is 9.10. The van der Waals surface area contributed by atoms with Crippen molar-refractivity contribution in [1.82, 2.24) is 5.32 Å². The highest BCUT2D eigenvalue weighted by atomic mass is 79.9. The number of amides is 1. The van der Waals surface area contributed by atoms with E-state index in [1.165, 1.54) is 31.4 Å². The van der Waals surface area contributed by atoms with Crippen LogP contribution in [0.5, 0.6) is 11.5 Å². The zero-order chi connectivity index (χ0) is 18.4.